The van der Waals surface area contributed by atoms with E-state index < -0.39 is 0 Å². The second kappa shape index (κ2) is 10.3. The van der Waals surface area contributed by atoms with Gasteiger partial charge in [-0.15, -0.1) is 0 Å². The average molecular weight is 394 g/mol. The largest absolute Gasteiger partial charge is 0.367 e. The van der Waals surface area contributed by atoms with Crippen molar-refractivity contribution >= 4 is 40.9 Å². The predicted octanol–water partition coefficient (Wildman–Crippen LogP) is 2.48. The van der Waals surface area contributed by atoms with Crippen LogP contribution in [0.5, 0.6) is 0 Å². The molecule has 0 unspecified atom stereocenters. The number of halogens is 2. The molecule has 2 rings (SSSR count). The van der Waals surface area contributed by atoms with E-state index in [2.05, 4.69) is 31.2 Å². The molecule has 26 heavy (non-hydrogen) atoms. The van der Waals surface area contributed by atoms with Crippen LogP contribution >= 0.6 is 23.2 Å². The molecule has 0 bridgehead atoms. The summed E-state index contributed by atoms with van der Waals surface area (Å²) in [5.74, 6) is 1.000. The number of nitrogens with zero attached hydrogens (tertiary/aromatic N) is 3. The lowest BCUT2D eigenvalue weighted by Gasteiger charge is -2.10. The molecular weight excluding hydrogens is 377 g/mol. The highest BCUT2D eigenvalue weighted by Gasteiger charge is 2.04. The van der Waals surface area contributed by atoms with Crippen molar-refractivity contribution in [3.05, 3.63) is 46.2 Å². The van der Waals surface area contributed by atoms with E-state index in [1.165, 1.54) is 6.20 Å². The smallest absolute Gasteiger partial charge is 0.314 e. The van der Waals surface area contributed by atoms with E-state index in [9.17, 15) is 4.79 Å². The summed E-state index contributed by atoms with van der Waals surface area (Å²) in [4.78, 5) is 19.8. The van der Waals surface area contributed by atoms with Gasteiger partial charge in [0.05, 0.1) is 15.6 Å². The number of aromatic nitrogens is 2. The minimum absolute atomic E-state index is 0.301. The Morgan fingerprint density at radius 3 is 2.42 bits per heavy atom. The molecule has 2 aromatic heterocycles. The van der Waals surface area contributed by atoms with Crippen molar-refractivity contribution in [2.24, 2.45) is 0 Å². The quantitative estimate of drug-likeness (QED) is 0.512. The highest BCUT2D eigenvalue weighted by molar-refractivity contribution is 6.35. The minimum Gasteiger partial charge on any atom is -0.367 e. The molecular formula is C16H17Cl2N7O. The second-order valence-corrected chi connectivity index (χ2v) is 5.88. The second-order valence-electron chi connectivity index (χ2n) is 5.03. The van der Waals surface area contributed by atoms with Gasteiger partial charge in [-0.25, -0.2) is 14.8 Å². The van der Waals surface area contributed by atoms with E-state index >= 15 is 0 Å². The molecule has 0 spiro atoms. The maximum atomic E-state index is 11.7. The molecule has 0 aromatic carbocycles. The summed E-state index contributed by atoms with van der Waals surface area (Å²) in [7, 11) is 0. The van der Waals surface area contributed by atoms with Crippen LogP contribution < -0.4 is 21.3 Å². The molecule has 2 heterocycles. The standard InChI is InChI=1S/C16H17Cl2N7O/c17-12-8-13(18)15(25-10-12)22-5-7-24-16(26)23-6-4-21-14-11(9-19)2-1-3-20-14/h1-3,8,10H,4-7H2,(H,20,21)(H,22,25)(H2,23,24,26). The van der Waals surface area contributed by atoms with Gasteiger partial charge in [-0.3, -0.25) is 0 Å². The lowest BCUT2D eigenvalue weighted by molar-refractivity contribution is 0.241. The Hall–Kier alpha value is -2.76. The summed E-state index contributed by atoms with van der Waals surface area (Å²) in [6, 6.07) is 6.70. The van der Waals surface area contributed by atoms with Crippen molar-refractivity contribution in [1.29, 1.82) is 5.26 Å². The van der Waals surface area contributed by atoms with Crippen LogP contribution in [0.1, 0.15) is 5.56 Å². The van der Waals surface area contributed by atoms with Gasteiger partial charge in [-0.1, -0.05) is 23.2 Å². The van der Waals surface area contributed by atoms with Crippen LogP contribution in [0.3, 0.4) is 0 Å². The molecule has 0 aliphatic carbocycles. The summed E-state index contributed by atoms with van der Waals surface area (Å²) in [6.45, 7) is 1.67. The zero-order valence-corrected chi connectivity index (χ0v) is 15.2. The van der Waals surface area contributed by atoms with Crippen molar-refractivity contribution < 1.29 is 4.79 Å². The Labute approximate surface area is 160 Å². The van der Waals surface area contributed by atoms with Crippen LogP contribution in [0.2, 0.25) is 10.0 Å². The molecule has 136 valence electrons. The summed E-state index contributed by atoms with van der Waals surface area (Å²) >= 11 is 11.8. The van der Waals surface area contributed by atoms with Gasteiger partial charge in [0.25, 0.3) is 0 Å². The lowest BCUT2D eigenvalue weighted by Crippen LogP contribution is -2.40. The van der Waals surface area contributed by atoms with Crippen molar-refractivity contribution in [2.45, 2.75) is 0 Å². The van der Waals surface area contributed by atoms with Crippen LogP contribution in [-0.2, 0) is 0 Å². The van der Waals surface area contributed by atoms with Crippen molar-refractivity contribution in [3.8, 4) is 6.07 Å². The van der Waals surface area contributed by atoms with E-state index in [0.717, 1.165) is 0 Å². The van der Waals surface area contributed by atoms with Gasteiger partial charge in [-0.2, -0.15) is 5.26 Å². The molecule has 2 amide bonds. The highest BCUT2D eigenvalue weighted by atomic mass is 35.5. The Bertz CT molecular complexity index is 794. The summed E-state index contributed by atoms with van der Waals surface area (Å²) in [6.07, 6.45) is 3.08. The molecule has 8 nitrogen and oxygen atoms in total. The summed E-state index contributed by atoms with van der Waals surface area (Å²) in [5.41, 5.74) is 0.456. The predicted molar refractivity (Wildman–Crippen MR) is 102 cm³/mol. The Kier molecular flexibility index (Phi) is 7.74. The van der Waals surface area contributed by atoms with Crippen LogP contribution in [0, 0.1) is 11.3 Å². The topological polar surface area (TPSA) is 115 Å². The maximum absolute atomic E-state index is 11.7. The Morgan fingerprint density at radius 2 is 1.77 bits per heavy atom. The van der Waals surface area contributed by atoms with Crippen LogP contribution in [0.15, 0.2) is 30.6 Å². The van der Waals surface area contributed by atoms with Gasteiger partial charge < -0.3 is 21.3 Å². The fourth-order valence-electron chi connectivity index (χ4n) is 1.96. The lowest BCUT2D eigenvalue weighted by atomic mass is 10.3. The van der Waals surface area contributed by atoms with Crippen molar-refractivity contribution in [2.75, 3.05) is 36.8 Å². The number of nitrogens with one attached hydrogen (secondary N) is 4. The third kappa shape index (κ3) is 6.27. The molecule has 0 saturated heterocycles. The zero-order valence-electron chi connectivity index (χ0n) is 13.7. The minimum atomic E-state index is -0.301. The van der Waals surface area contributed by atoms with E-state index in [-0.39, 0.29) is 6.03 Å². The first-order chi connectivity index (χ1) is 12.6. The van der Waals surface area contributed by atoms with E-state index in [1.807, 2.05) is 6.07 Å². The molecule has 4 N–H and O–H groups in total. The van der Waals surface area contributed by atoms with Crippen LogP contribution in [0.25, 0.3) is 0 Å². The number of amides is 2. The summed E-state index contributed by atoms with van der Waals surface area (Å²) < 4.78 is 0. The van der Waals surface area contributed by atoms with E-state index in [1.54, 1.807) is 24.4 Å². The third-order valence-corrected chi connectivity index (χ3v) is 3.64. The highest BCUT2D eigenvalue weighted by Crippen LogP contribution is 2.21. The van der Waals surface area contributed by atoms with Crippen molar-refractivity contribution in [3.63, 3.8) is 0 Å². The van der Waals surface area contributed by atoms with Crippen LogP contribution in [0.4, 0.5) is 16.4 Å². The molecule has 2 aromatic rings. The number of carbonyl (C=O) groups excluding carboxylic acids is 1. The Balaban J connectivity index is 1.60. The number of carbonyl (C=O) groups is 1. The molecule has 0 radical (unpaired) electrons. The third-order valence-electron chi connectivity index (χ3n) is 3.14. The van der Waals surface area contributed by atoms with E-state index in [0.29, 0.717) is 53.4 Å². The number of pyridine rings is 2. The van der Waals surface area contributed by atoms with Gasteiger partial charge in [0, 0.05) is 38.6 Å². The van der Waals surface area contributed by atoms with Gasteiger partial charge >= 0.3 is 6.03 Å². The molecule has 0 saturated carbocycles. The number of hydrogen-bond acceptors (Lipinski definition) is 6. The van der Waals surface area contributed by atoms with Gasteiger partial charge in [0.1, 0.15) is 17.7 Å². The molecule has 0 aliphatic rings. The number of anilines is 2. The molecule has 10 heteroatoms. The number of rotatable bonds is 8. The Morgan fingerprint density at radius 1 is 1.08 bits per heavy atom. The molecule has 0 aliphatic heterocycles. The van der Waals surface area contributed by atoms with E-state index in [4.69, 9.17) is 28.5 Å². The average Bonchev–Trinajstić information content (AvgIpc) is 2.64. The SMILES string of the molecule is N#Cc1cccnc1NCCNC(=O)NCCNc1ncc(Cl)cc1Cl. The normalized spacial score (nSPS) is 9.88. The van der Waals surface area contributed by atoms with Gasteiger partial charge in [0.15, 0.2) is 0 Å². The number of urea groups is 1. The molecule has 0 atom stereocenters. The molecule has 0 fully saturated rings. The van der Waals surface area contributed by atoms with Crippen LogP contribution in [-0.4, -0.2) is 42.2 Å². The number of hydrogen-bond donors (Lipinski definition) is 4. The first-order valence-electron chi connectivity index (χ1n) is 7.75. The number of nitriles is 1. The summed E-state index contributed by atoms with van der Waals surface area (Å²) in [5, 5.41) is 21.2. The monoisotopic (exact) mass is 393 g/mol. The fraction of sp³-hybridized carbons (Fsp3) is 0.250. The van der Waals surface area contributed by atoms with Gasteiger partial charge in [0.2, 0.25) is 0 Å². The zero-order chi connectivity index (χ0) is 18.8. The first-order valence-corrected chi connectivity index (χ1v) is 8.51. The maximum Gasteiger partial charge on any atom is 0.314 e. The fourth-order valence-corrected chi connectivity index (χ4v) is 2.40. The first kappa shape index (κ1) is 19.6. The van der Waals surface area contributed by atoms with Crippen molar-refractivity contribution in [1.82, 2.24) is 20.6 Å². The van der Waals surface area contributed by atoms with Gasteiger partial charge in [-0.05, 0) is 18.2 Å².